The molecule has 2 nitrogen and oxygen atoms in total. The Morgan fingerprint density at radius 3 is 2.74 bits per heavy atom. The number of nitrogens with two attached hydrogens (primary N) is 1. The smallest absolute Gasteiger partial charge is 0.135 e. The summed E-state index contributed by atoms with van der Waals surface area (Å²) in [5.41, 5.74) is 7.26. The zero-order valence-corrected chi connectivity index (χ0v) is 12.4. The molecule has 1 saturated heterocycles. The molecule has 0 aliphatic carbocycles. The number of thiocarbonyl (C=S) groups is 1. The maximum atomic E-state index is 13.9. The molecule has 0 unspecified atom stereocenters. The van der Waals surface area contributed by atoms with Crippen molar-refractivity contribution in [3.8, 4) is 0 Å². The monoisotopic (exact) mass is 280 g/mol. The fourth-order valence-corrected chi connectivity index (χ4v) is 2.89. The van der Waals surface area contributed by atoms with Crippen molar-refractivity contribution in [2.45, 2.75) is 33.1 Å². The molecule has 0 saturated carbocycles. The van der Waals surface area contributed by atoms with E-state index < -0.39 is 0 Å². The fraction of sp³-hybridized carbons (Fsp3) is 0.533. The molecule has 0 aromatic heterocycles. The van der Waals surface area contributed by atoms with Gasteiger partial charge in [-0.05, 0) is 36.8 Å². The molecule has 2 N–H and O–H groups in total. The summed E-state index contributed by atoms with van der Waals surface area (Å²) in [6.07, 6.45) is 3.40. The predicted molar refractivity (Wildman–Crippen MR) is 82.1 cm³/mol. The summed E-state index contributed by atoms with van der Waals surface area (Å²) in [4.78, 5) is 2.35. The molecule has 19 heavy (non-hydrogen) atoms. The van der Waals surface area contributed by atoms with Crippen LogP contribution in [-0.2, 0) is 0 Å². The highest BCUT2D eigenvalue weighted by atomic mass is 32.1. The number of anilines is 1. The number of nitrogens with zero attached hydrogens (tertiary/aromatic N) is 1. The second-order valence-corrected chi connectivity index (χ2v) is 6.44. The molecule has 1 aromatic carbocycles. The second-order valence-electron chi connectivity index (χ2n) is 6.00. The zero-order chi connectivity index (χ0) is 14.0. The molecule has 1 heterocycles. The average Bonchev–Trinajstić information content (AvgIpc) is 2.49. The second kappa shape index (κ2) is 5.45. The van der Waals surface area contributed by atoms with Gasteiger partial charge in [-0.25, -0.2) is 4.39 Å². The molecule has 1 aromatic rings. The highest BCUT2D eigenvalue weighted by Crippen LogP contribution is 2.33. The van der Waals surface area contributed by atoms with Crippen LogP contribution in [0.5, 0.6) is 0 Å². The Kier molecular flexibility index (Phi) is 4.09. The molecule has 0 spiro atoms. The minimum absolute atomic E-state index is 0.136. The summed E-state index contributed by atoms with van der Waals surface area (Å²) < 4.78 is 13.9. The van der Waals surface area contributed by atoms with E-state index in [0.717, 1.165) is 31.6 Å². The molecular weight excluding hydrogens is 259 g/mol. The molecule has 1 fully saturated rings. The van der Waals surface area contributed by atoms with Crippen LogP contribution in [0.15, 0.2) is 18.2 Å². The van der Waals surface area contributed by atoms with Gasteiger partial charge in [0, 0.05) is 18.8 Å². The molecule has 0 atom stereocenters. The molecular formula is C15H21FN2S. The average molecular weight is 280 g/mol. The van der Waals surface area contributed by atoms with Gasteiger partial charge in [-0.1, -0.05) is 32.1 Å². The van der Waals surface area contributed by atoms with Crippen LogP contribution in [0, 0.1) is 11.2 Å². The molecule has 1 aliphatic heterocycles. The summed E-state index contributed by atoms with van der Waals surface area (Å²) in [6.45, 7) is 6.43. The van der Waals surface area contributed by atoms with Gasteiger partial charge in [0.05, 0.1) is 5.56 Å². The lowest BCUT2D eigenvalue weighted by Crippen LogP contribution is -2.28. The molecule has 1 aliphatic rings. The normalized spacial score (nSPS) is 19.0. The SMILES string of the molecule is CC1(C)CCCN(c2cccc(F)c2C(N)=S)CC1. The summed E-state index contributed by atoms with van der Waals surface area (Å²) >= 11 is 5.00. The van der Waals surface area contributed by atoms with Crippen molar-refractivity contribution in [3.05, 3.63) is 29.6 Å². The first-order chi connectivity index (χ1) is 8.91. The van der Waals surface area contributed by atoms with E-state index in [4.69, 9.17) is 18.0 Å². The fourth-order valence-electron chi connectivity index (χ4n) is 2.68. The Morgan fingerprint density at radius 1 is 1.32 bits per heavy atom. The number of hydrogen-bond acceptors (Lipinski definition) is 2. The van der Waals surface area contributed by atoms with Crippen LogP contribution in [0.1, 0.15) is 38.7 Å². The van der Waals surface area contributed by atoms with Crippen LogP contribution >= 0.6 is 12.2 Å². The van der Waals surface area contributed by atoms with Crippen molar-refractivity contribution in [2.75, 3.05) is 18.0 Å². The first kappa shape index (κ1) is 14.3. The lowest BCUT2D eigenvalue weighted by molar-refractivity contribution is 0.325. The lowest BCUT2D eigenvalue weighted by atomic mass is 9.85. The molecule has 104 valence electrons. The zero-order valence-electron chi connectivity index (χ0n) is 11.6. The Hall–Kier alpha value is -1.16. The third kappa shape index (κ3) is 3.24. The summed E-state index contributed by atoms with van der Waals surface area (Å²) in [5, 5.41) is 0. The standard InChI is InChI=1S/C15H21FN2S/c1-15(2)7-4-9-18(10-8-15)12-6-3-5-11(16)13(12)14(17)19/h3,5-6H,4,7-10H2,1-2H3,(H2,17,19). The van der Waals surface area contributed by atoms with Crippen LogP contribution in [0.4, 0.5) is 10.1 Å². The first-order valence-electron chi connectivity index (χ1n) is 6.74. The molecule has 0 bridgehead atoms. The van der Waals surface area contributed by atoms with E-state index in [-0.39, 0.29) is 10.8 Å². The topological polar surface area (TPSA) is 29.3 Å². The van der Waals surface area contributed by atoms with Crippen molar-refractivity contribution in [3.63, 3.8) is 0 Å². The van der Waals surface area contributed by atoms with Crippen LogP contribution in [0.25, 0.3) is 0 Å². The molecule has 0 radical (unpaired) electrons. The number of benzene rings is 1. The predicted octanol–water partition coefficient (Wildman–Crippen LogP) is 3.48. The van der Waals surface area contributed by atoms with E-state index in [0.29, 0.717) is 11.0 Å². The largest absolute Gasteiger partial charge is 0.389 e. The van der Waals surface area contributed by atoms with E-state index in [1.807, 2.05) is 6.07 Å². The van der Waals surface area contributed by atoms with Gasteiger partial charge in [-0.15, -0.1) is 0 Å². The Morgan fingerprint density at radius 2 is 2.05 bits per heavy atom. The summed E-state index contributed by atoms with van der Waals surface area (Å²) in [5.74, 6) is -0.325. The van der Waals surface area contributed by atoms with Crippen LogP contribution < -0.4 is 10.6 Å². The van der Waals surface area contributed by atoms with E-state index in [9.17, 15) is 4.39 Å². The van der Waals surface area contributed by atoms with Crippen molar-refractivity contribution in [1.29, 1.82) is 0 Å². The Balaban J connectivity index is 2.32. The third-order valence-corrected chi connectivity index (χ3v) is 4.12. The molecule has 2 rings (SSSR count). The van der Waals surface area contributed by atoms with Crippen molar-refractivity contribution < 1.29 is 4.39 Å². The van der Waals surface area contributed by atoms with Gasteiger partial charge in [0.1, 0.15) is 10.8 Å². The minimum Gasteiger partial charge on any atom is -0.389 e. The van der Waals surface area contributed by atoms with Crippen molar-refractivity contribution in [1.82, 2.24) is 0 Å². The summed E-state index contributed by atoms with van der Waals surface area (Å²) in [6, 6.07) is 5.05. The quantitative estimate of drug-likeness (QED) is 0.841. The van der Waals surface area contributed by atoms with E-state index in [2.05, 4.69) is 18.7 Å². The Labute approximate surface area is 119 Å². The van der Waals surface area contributed by atoms with Crippen LogP contribution in [-0.4, -0.2) is 18.1 Å². The van der Waals surface area contributed by atoms with Gasteiger partial charge in [0.25, 0.3) is 0 Å². The van der Waals surface area contributed by atoms with Gasteiger partial charge < -0.3 is 10.6 Å². The number of halogens is 1. The van der Waals surface area contributed by atoms with E-state index >= 15 is 0 Å². The highest BCUT2D eigenvalue weighted by Gasteiger charge is 2.25. The molecule has 4 heteroatoms. The van der Waals surface area contributed by atoms with Gasteiger partial charge in [-0.2, -0.15) is 0 Å². The van der Waals surface area contributed by atoms with Gasteiger partial charge in [0.2, 0.25) is 0 Å². The summed E-state index contributed by atoms with van der Waals surface area (Å²) in [7, 11) is 0. The van der Waals surface area contributed by atoms with Crippen LogP contribution in [0.3, 0.4) is 0 Å². The third-order valence-electron chi connectivity index (χ3n) is 3.92. The first-order valence-corrected chi connectivity index (χ1v) is 7.15. The number of rotatable bonds is 2. The van der Waals surface area contributed by atoms with Gasteiger partial charge in [0.15, 0.2) is 0 Å². The number of hydrogen-bond donors (Lipinski definition) is 1. The highest BCUT2D eigenvalue weighted by molar-refractivity contribution is 7.80. The van der Waals surface area contributed by atoms with Crippen molar-refractivity contribution in [2.24, 2.45) is 11.1 Å². The van der Waals surface area contributed by atoms with E-state index in [1.54, 1.807) is 6.07 Å². The van der Waals surface area contributed by atoms with Crippen molar-refractivity contribution >= 4 is 22.9 Å². The van der Waals surface area contributed by atoms with Crippen LogP contribution in [0.2, 0.25) is 0 Å². The van der Waals surface area contributed by atoms with E-state index in [1.165, 1.54) is 12.5 Å². The maximum Gasteiger partial charge on any atom is 0.135 e. The molecule has 0 amide bonds. The minimum atomic E-state index is -0.325. The maximum absolute atomic E-state index is 13.9. The van der Waals surface area contributed by atoms with Gasteiger partial charge in [-0.3, -0.25) is 0 Å². The lowest BCUT2D eigenvalue weighted by Gasteiger charge is -2.26. The van der Waals surface area contributed by atoms with Gasteiger partial charge >= 0.3 is 0 Å². The Bertz CT molecular complexity index is 485.